The summed E-state index contributed by atoms with van der Waals surface area (Å²) < 4.78 is 27.9. The highest BCUT2D eigenvalue weighted by atomic mass is 35.5. The molecular weight excluding hydrogens is 252 g/mol. The summed E-state index contributed by atoms with van der Waals surface area (Å²) in [6.45, 7) is -0.293. The molecule has 0 atom stereocenters. The van der Waals surface area contributed by atoms with Crippen LogP contribution >= 0.6 is 11.6 Å². The molecule has 2 rings (SSSR count). The monoisotopic (exact) mass is 259 g/mol. The molecule has 0 radical (unpaired) electrons. The van der Waals surface area contributed by atoms with E-state index in [1.807, 2.05) is 0 Å². The van der Waals surface area contributed by atoms with Crippen LogP contribution < -0.4 is 5.73 Å². The Kier molecular flexibility index (Phi) is 2.97. The highest BCUT2D eigenvalue weighted by Crippen LogP contribution is 2.22. The van der Waals surface area contributed by atoms with E-state index in [-0.39, 0.29) is 29.3 Å². The summed E-state index contributed by atoms with van der Waals surface area (Å²) in [7, 11) is 0. The fourth-order valence-electron chi connectivity index (χ4n) is 1.63. The number of nitrogens with two attached hydrogens (primary N) is 1. The molecule has 0 fully saturated rings. The lowest BCUT2D eigenvalue weighted by Crippen LogP contribution is -2.20. The molecule has 90 valence electrons. The van der Waals surface area contributed by atoms with E-state index in [2.05, 4.69) is 4.98 Å². The van der Waals surface area contributed by atoms with Gasteiger partial charge in [0.2, 0.25) is 5.91 Å². The second-order valence-corrected chi connectivity index (χ2v) is 3.71. The Labute approximate surface area is 100.0 Å². The number of imidazole rings is 1. The van der Waals surface area contributed by atoms with E-state index < -0.39 is 17.5 Å². The van der Waals surface area contributed by atoms with Gasteiger partial charge in [-0.2, -0.15) is 0 Å². The maximum atomic E-state index is 13.6. The Bertz CT molecular complexity index is 597. The van der Waals surface area contributed by atoms with Crippen molar-refractivity contribution in [1.29, 1.82) is 0 Å². The fourth-order valence-corrected chi connectivity index (χ4v) is 1.84. The number of nitrogens with zero attached hydrogens (tertiary/aromatic N) is 2. The summed E-state index contributed by atoms with van der Waals surface area (Å²) in [5.74, 6) is -2.51. The highest BCUT2D eigenvalue weighted by molar-refractivity contribution is 6.16. The number of aromatic nitrogens is 2. The van der Waals surface area contributed by atoms with Gasteiger partial charge in [0.05, 0.1) is 11.4 Å². The molecule has 7 heteroatoms. The first kappa shape index (κ1) is 11.8. The van der Waals surface area contributed by atoms with Gasteiger partial charge in [-0.15, -0.1) is 11.6 Å². The molecule has 1 aromatic heterocycles. The van der Waals surface area contributed by atoms with E-state index in [1.54, 1.807) is 0 Å². The third-order valence-corrected chi connectivity index (χ3v) is 2.55. The lowest BCUT2D eigenvalue weighted by Gasteiger charge is -2.05. The SMILES string of the molecule is NC(=O)Cn1c(CCl)nc2ccc(F)c(F)c21. The van der Waals surface area contributed by atoms with Crippen molar-refractivity contribution >= 4 is 28.5 Å². The first-order valence-corrected chi connectivity index (χ1v) is 5.25. The van der Waals surface area contributed by atoms with Crippen molar-refractivity contribution < 1.29 is 13.6 Å². The van der Waals surface area contributed by atoms with Gasteiger partial charge in [-0.1, -0.05) is 0 Å². The number of primary amides is 1. The number of rotatable bonds is 3. The molecule has 0 unspecified atom stereocenters. The molecule has 0 spiro atoms. The van der Waals surface area contributed by atoms with Crippen molar-refractivity contribution in [2.75, 3.05) is 0 Å². The molecule has 0 saturated carbocycles. The van der Waals surface area contributed by atoms with Crippen molar-refractivity contribution in [2.45, 2.75) is 12.4 Å². The van der Waals surface area contributed by atoms with Gasteiger partial charge in [0.25, 0.3) is 0 Å². The molecule has 2 N–H and O–H groups in total. The number of alkyl halides is 1. The number of hydrogen-bond donors (Lipinski definition) is 1. The second kappa shape index (κ2) is 4.29. The lowest BCUT2D eigenvalue weighted by atomic mass is 10.3. The zero-order valence-electron chi connectivity index (χ0n) is 8.58. The van der Waals surface area contributed by atoms with E-state index in [0.717, 1.165) is 6.07 Å². The Hall–Kier alpha value is -1.69. The largest absolute Gasteiger partial charge is 0.368 e. The third-order valence-electron chi connectivity index (χ3n) is 2.31. The first-order chi connectivity index (χ1) is 8.04. The fraction of sp³-hybridized carbons (Fsp3) is 0.200. The minimum atomic E-state index is -1.06. The van der Waals surface area contributed by atoms with Crippen molar-refractivity contribution in [3.63, 3.8) is 0 Å². The maximum Gasteiger partial charge on any atom is 0.237 e. The third kappa shape index (κ3) is 1.95. The smallest absolute Gasteiger partial charge is 0.237 e. The molecule has 1 amide bonds. The molecule has 0 aliphatic carbocycles. The van der Waals surface area contributed by atoms with Crippen LogP contribution in [0, 0.1) is 11.6 Å². The average Bonchev–Trinajstić information content (AvgIpc) is 2.62. The second-order valence-electron chi connectivity index (χ2n) is 3.44. The minimum Gasteiger partial charge on any atom is -0.368 e. The number of carbonyl (C=O) groups is 1. The number of hydrogen-bond acceptors (Lipinski definition) is 2. The molecular formula is C10H8ClF2N3O. The van der Waals surface area contributed by atoms with E-state index in [1.165, 1.54) is 10.6 Å². The lowest BCUT2D eigenvalue weighted by molar-refractivity contribution is -0.118. The van der Waals surface area contributed by atoms with E-state index >= 15 is 0 Å². The number of amides is 1. The number of benzene rings is 1. The van der Waals surface area contributed by atoms with Crippen molar-refractivity contribution in [1.82, 2.24) is 9.55 Å². The molecule has 0 bridgehead atoms. The summed E-state index contributed by atoms with van der Waals surface area (Å²) >= 11 is 5.63. The predicted octanol–water partition coefficient (Wildman–Crippen LogP) is 1.54. The Morgan fingerprint density at radius 3 is 2.76 bits per heavy atom. The topological polar surface area (TPSA) is 60.9 Å². The van der Waals surface area contributed by atoms with Crippen LogP contribution in [0.25, 0.3) is 11.0 Å². The van der Waals surface area contributed by atoms with Gasteiger partial charge in [0.15, 0.2) is 11.6 Å². The van der Waals surface area contributed by atoms with Gasteiger partial charge >= 0.3 is 0 Å². The Morgan fingerprint density at radius 1 is 1.47 bits per heavy atom. The van der Waals surface area contributed by atoms with Crippen LogP contribution in [0.3, 0.4) is 0 Å². The van der Waals surface area contributed by atoms with Crippen LogP contribution in [0.15, 0.2) is 12.1 Å². The van der Waals surface area contributed by atoms with E-state index in [0.29, 0.717) is 0 Å². The summed E-state index contributed by atoms with van der Waals surface area (Å²) in [6, 6.07) is 2.29. The summed E-state index contributed by atoms with van der Waals surface area (Å²) in [5.41, 5.74) is 5.18. The van der Waals surface area contributed by atoms with Gasteiger partial charge in [-0.25, -0.2) is 13.8 Å². The van der Waals surface area contributed by atoms with Gasteiger partial charge in [0, 0.05) is 0 Å². The Balaban J connectivity index is 2.76. The predicted molar refractivity (Wildman–Crippen MR) is 58.4 cm³/mol. The average molecular weight is 260 g/mol. The zero-order valence-corrected chi connectivity index (χ0v) is 9.34. The van der Waals surface area contributed by atoms with Gasteiger partial charge < -0.3 is 10.3 Å². The molecule has 0 aliphatic rings. The molecule has 2 aromatic rings. The zero-order chi connectivity index (χ0) is 12.6. The number of carbonyl (C=O) groups excluding carboxylic acids is 1. The molecule has 0 aliphatic heterocycles. The molecule has 17 heavy (non-hydrogen) atoms. The summed E-state index contributed by atoms with van der Waals surface area (Å²) in [4.78, 5) is 14.9. The minimum absolute atomic E-state index is 0.0248. The quantitative estimate of drug-likeness (QED) is 0.850. The van der Waals surface area contributed by atoms with E-state index in [4.69, 9.17) is 17.3 Å². The highest BCUT2D eigenvalue weighted by Gasteiger charge is 2.17. The normalized spacial score (nSPS) is 11.0. The molecule has 4 nitrogen and oxygen atoms in total. The van der Waals surface area contributed by atoms with Crippen LogP contribution in [0.5, 0.6) is 0 Å². The van der Waals surface area contributed by atoms with E-state index in [9.17, 15) is 13.6 Å². The molecule has 0 saturated heterocycles. The maximum absolute atomic E-state index is 13.6. The first-order valence-electron chi connectivity index (χ1n) is 4.72. The number of halogens is 3. The van der Waals surface area contributed by atoms with Gasteiger partial charge in [-0.3, -0.25) is 4.79 Å². The van der Waals surface area contributed by atoms with Gasteiger partial charge in [0.1, 0.15) is 17.9 Å². The van der Waals surface area contributed by atoms with Crippen LogP contribution in [0.4, 0.5) is 8.78 Å². The van der Waals surface area contributed by atoms with Crippen LogP contribution in [-0.4, -0.2) is 15.5 Å². The van der Waals surface area contributed by atoms with Crippen molar-refractivity contribution in [2.24, 2.45) is 5.73 Å². The number of fused-ring (bicyclic) bond motifs is 1. The summed E-state index contributed by atoms with van der Waals surface area (Å²) in [6.07, 6.45) is 0. The molecule has 1 aromatic carbocycles. The van der Waals surface area contributed by atoms with Gasteiger partial charge in [-0.05, 0) is 12.1 Å². The Morgan fingerprint density at radius 2 is 2.18 bits per heavy atom. The van der Waals surface area contributed by atoms with Crippen molar-refractivity contribution in [3.8, 4) is 0 Å². The summed E-state index contributed by atoms with van der Waals surface area (Å²) in [5, 5.41) is 0. The van der Waals surface area contributed by atoms with Crippen molar-refractivity contribution in [3.05, 3.63) is 29.6 Å². The van der Waals surface area contributed by atoms with Crippen LogP contribution in [0.2, 0.25) is 0 Å². The van der Waals surface area contributed by atoms with Crippen LogP contribution in [0.1, 0.15) is 5.82 Å². The van der Waals surface area contributed by atoms with Crippen LogP contribution in [-0.2, 0) is 17.2 Å². The molecule has 1 heterocycles. The standard InChI is InChI=1S/C10H8ClF2N3O/c11-3-8-15-6-2-1-5(12)9(13)10(6)16(8)4-7(14)17/h1-2H,3-4H2,(H2,14,17).